The summed E-state index contributed by atoms with van der Waals surface area (Å²) in [6.45, 7) is 4.91. The van der Waals surface area contributed by atoms with Crippen molar-refractivity contribution in [3.05, 3.63) is 54.4 Å². The van der Waals surface area contributed by atoms with E-state index < -0.39 is 6.10 Å². The van der Waals surface area contributed by atoms with E-state index in [4.69, 9.17) is 14.5 Å². The van der Waals surface area contributed by atoms with Crippen molar-refractivity contribution in [2.24, 2.45) is 0 Å². The number of amides is 1. The maximum atomic E-state index is 13.2. The topological polar surface area (TPSA) is 56.6 Å². The molecule has 2 aliphatic heterocycles. The SMILES string of the molecule is CCCn1c(C2CCCN(C(=O)C3COC4C=CC=CC4O3)C2)nc2ccccc21. The van der Waals surface area contributed by atoms with Crippen molar-refractivity contribution in [3.8, 4) is 0 Å². The summed E-state index contributed by atoms with van der Waals surface area (Å²) in [5, 5.41) is 0. The first-order chi connectivity index (χ1) is 14.7. The highest BCUT2D eigenvalue weighted by Crippen LogP contribution is 2.31. The Labute approximate surface area is 177 Å². The number of benzene rings is 1. The third-order valence-corrected chi connectivity index (χ3v) is 6.30. The number of hydrogen-bond acceptors (Lipinski definition) is 4. The molecule has 2 saturated heterocycles. The van der Waals surface area contributed by atoms with E-state index in [1.54, 1.807) is 0 Å². The summed E-state index contributed by atoms with van der Waals surface area (Å²) in [6, 6.07) is 8.32. The summed E-state index contributed by atoms with van der Waals surface area (Å²) in [6.07, 6.45) is 10.2. The summed E-state index contributed by atoms with van der Waals surface area (Å²) >= 11 is 0. The van der Waals surface area contributed by atoms with E-state index >= 15 is 0 Å². The fourth-order valence-corrected chi connectivity index (χ4v) is 4.85. The lowest BCUT2D eigenvalue weighted by atomic mass is 9.96. The molecule has 0 bridgehead atoms. The van der Waals surface area contributed by atoms with Crippen molar-refractivity contribution in [2.45, 2.75) is 57.0 Å². The molecule has 0 N–H and O–H groups in total. The molecule has 6 heteroatoms. The first-order valence-electron chi connectivity index (χ1n) is 11.1. The molecule has 2 fully saturated rings. The first-order valence-corrected chi connectivity index (χ1v) is 11.1. The molecule has 4 atom stereocenters. The number of likely N-dealkylation sites (tertiary alicyclic amines) is 1. The van der Waals surface area contributed by atoms with Crippen molar-refractivity contribution in [3.63, 3.8) is 0 Å². The molecule has 1 aromatic carbocycles. The number of piperidine rings is 1. The van der Waals surface area contributed by atoms with Gasteiger partial charge in [-0.2, -0.15) is 0 Å². The molecule has 1 amide bonds. The van der Waals surface area contributed by atoms with Crippen LogP contribution in [0, 0.1) is 0 Å². The molecule has 158 valence electrons. The van der Waals surface area contributed by atoms with Gasteiger partial charge in [-0.1, -0.05) is 43.4 Å². The van der Waals surface area contributed by atoms with Gasteiger partial charge in [-0.15, -0.1) is 0 Å². The second kappa shape index (κ2) is 8.36. The van der Waals surface area contributed by atoms with Crippen LogP contribution in [0.15, 0.2) is 48.6 Å². The van der Waals surface area contributed by atoms with E-state index in [9.17, 15) is 4.79 Å². The fourth-order valence-electron chi connectivity index (χ4n) is 4.85. The highest BCUT2D eigenvalue weighted by Gasteiger charge is 2.38. The smallest absolute Gasteiger partial charge is 0.254 e. The quantitative estimate of drug-likeness (QED) is 0.779. The average molecular weight is 408 g/mol. The molecule has 3 heterocycles. The Morgan fingerprint density at radius 1 is 1.20 bits per heavy atom. The monoisotopic (exact) mass is 407 g/mol. The standard InChI is InChI=1S/C24H29N3O3/c1-2-13-27-19-10-4-3-9-18(19)25-23(27)17-8-7-14-26(15-17)24(28)22-16-29-20-11-5-6-12-21(20)30-22/h3-6,9-12,17,20-22H,2,7-8,13-16H2,1H3. The number of aryl methyl sites for hydroxylation is 1. The average Bonchev–Trinajstić information content (AvgIpc) is 3.17. The predicted molar refractivity (Wildman–Crippen MR) is 115 cm³/mol. The number of hydrogen-bond donors (Lipinski definition) is 0. The van der Waals surface area contributed by atoms with Crippen LogP contribution in [-0.4, -0.2) is 58.4 Å². The second-order valence-electron chi connectivity index (χ2n) is 8.39. The Balaban J connectivity index is 1.33. The van der Waals surface area contributed by atoms with Crippen molar-refractivity contribution in [1.29, 1.82) is 0 Å². The highest BCUT2D eigenvalue weighted by molar-refractivity contribution is 5.81. The van der Waals surface area contributed by atoms with Gasteiger partial charge in [0.05, 0.1) is 17.6 Å². The van der Waals surface area contributed by atoms with Gasteiger partial charge >= 0.3 is 0 Å². The molecule has 3 aliphatic rings. The summed E-state index contributed by atoms with van der Waals surface area (Å²) in [5.74, 6) is 1.40. The van der Waals surface area contributed by atoms with Crippen LogP contribution in [0.4, 0.5) is 0 Å². The first kappa shape index (κ1) is 19.5. The molecule has 6 nitrogen and oxygen atoms in total. The molecule has 1 aliphatic carbocycles. The third kappa shape index (κ3) is 3.59. The number of carbonyl (C=O) groups is 1. The van der Waals surface area contributed by atoms with Gasteiger partial charge < -0.3 is 18.9 Å². The fraction of sp³-hybridized carbons (Fsp3) is 0.500. The molecule has 0 saturated carbocycles. The van der Waals surface area contributed by atoms with Crippen LogP contribution in [0.2, 0.25) is 0 Å². The molecule has 30 heavy (non-hydrogen) atoms. The maximum absolute atomic E-state index is 13.2. The maximum Gasteiger partial charge on any atom is 0.254 e. The Morgan fingerprint density at radius 2 is 2.03 bits per heavy atom. The largest absolute Gasteiger partial charge is 0.368 e. The molecule has 5 rings (SSSR count). The lowest BCUT2D eigenvalue weighted by Gasteiger charge is -2.39. The Morgan fingerprint density at radius 3 is 2.90 bits per heavy atom. The second-order valence-corrected chi connectivity index (χ2v) is 8.39. The number of nitrogens with zero attached hydrogens (tertiary/aromatic N) is 3. The Bertz CT molecular complexity index is 979. The van der Waals surface area contributed by atoms with Gasteiger partial charge in [0, 0.05) is 25.6 Å². The zero-order valence-corrected chi connectivity index (χ0v) is 17.4. The molecular weight excluding hydrogens is 378 g/mol. The van der Waals surface area contributed by atoms with Crippen LogP contribution in [-0.2, 0) is 20.8 Å². The number of imidazole rings is 1. The third-order valence-electron chi connectivity index (χ3n) is 6.30. The van der Waals surface area contributed by atoms with Crippen LogP contribution >= 0.6 is 0 Å². The summed E-state index contributed by atoms with van der Waals surface area (Å²) < 4.78 is 14.3. The van der Waals surface area contributed by atoms with E-state index in [2.05, 4.69) is 29.7 Å². The van der Waals surface area contributed by atoms with E-state index in [1.807, 2.05) is 35.3 Å². The molecule has 0 spiro atoms. The number of allylic oxidation sites excluding steroid dienone is 2. The molecule has 1 aromatic heterocycles. The van der Waals surface area contributed by atoms with E-state index in [-0.39, 0.29) is 24.0 Å². The Hall–Kier alpha value is -2.44. The molecular formula is C24H29N3O3. The summed E-state index contributed by atoms with van der Waals surface area (Å²) in [7, 11) is 0. The van der Waals surface area contributed by atoms with E-state index in [0.717, 1.165) is 43.7 Å². The number of ether oxygens (including phenoxy) is 2. The molecule has 4 unspecified atom stereocenters. The van der Waals surface area contributed by atoms with Crippen molar-refractivity contribution >= 4 is 16.9 Å². The lowest BCUT2D eigenvalue weighted by molar-refractivity contribution is -0.177. The van der Waals surface area contributed by atoms with Crippen LogP contribution in [0.1, 0.15) is 37.9 Å². The number of fused-ring (bicyclic) bond motifs is 2. The van der Waals surface area contributed by atoms with Crippen LogP contribution < -0.4 is 0 Å². The predicted octanol–water partition coefficient (Wildman–Crippen LogP) is 3.43. The summed E-state index contributed by atoms with van der Waals surface area (Å²) in [5.41, 5.74) is 2.22. The highest BCUT2D eigenvalue weighted by atomic mass is 16.6. The number of para-hydroxylation sites is 2. The molecule has 2 aromatic rings. The normalized spacial score (nSPS) is 28.6. The number of aromatic nitrogens is 2. The molecule has 0 radical (unpaired) electrons. The zero-order valence-electron chi connectivity index (χ0n) is 17.4. The van der Waals surface area contributed by atoms with Crippen LogP contribution in [0.25, 0.3) is 11.0 Å². The van der Waals surface area contributed by atoms with Crippen molar-refractivity contribution in [2.75, 3.05) is 19.7 Å². The van der Waals surface area contributed by atoms with E-state index in [0.29, 0.717) is 13.2 Å². The minimum Gasteiger partial charge on any atom is -0.368 e. The van der Waals surface area contributed by atoms with Gasteiger partial charge in [0.15, 0.2) is 6.10 Å². The van der Waals surface area contributed by atoms with Gasteiger partial charge in [-0.05, 0) is 31.4 Å². The van der Waals surface area contributed by atoms with Gasteiger partial charge in [-0.3, -0.25) is 4.79 Å². The minimum absolute atomic E-state index is 0.0410. The Kier molecular flexibility index (Phi) is 5.44. The van der Waals surface area contributed by atoms with Crippen LogP contribution in [0.5, 0.6) is 0 Å². The van der Waals surface area contributed by atoms with Gasteiger partial charge in [0.1, 0.15) is 18.0 Å². The van der Waals surface area contributed by atoms with Crippen molar-refractivity contribution < 1.29 is 14.3 Å². The van der Waals surface area contributed by atoms with E-state index in [1.165, 1.54) is 5.52 Å². The van der Waals surface area contributed by atoms with Gasteiger partial charge in [0.2, 0.25) is 0 Å². The minimum atomic E-state index is -0.532. The number of carbonyl (C=O) groups excluding carboxylic acids is 1. The van der Waals surface area contributed by atoms with Gasteiger partial charge in [0.25, 0.3) is 5.91 Å². The van der Waals surface area contributed by atoms with Gasteiger partial charge in [-0.25, -0.2) is 4.98 Å². The van der Waals surface area contributed by atoms with Crippen LogP contribution in [0.3, 0.4) is 0 Å². The number of rotatable bonds is 4. The lowest BCUT2D eigenvalue weighted by Crippen LogP contribution is -2.52. The summed E-state index contributed by atoms with van der Waals surface area (Å²) in [4.78, 5) is 20.2. The van der Waals surface area contributed by atoms with Crippen molar-refractivity contribution in [1.82, 2.24) is 14.5 Å². The zero-order chi connectivity index (χ0) is 20.5.